The molecule has 0 fully saturated rings. The van der Waals surface area contributed by atoms with Crippen molar-refractivity contribution in [1.82, 2.24) is 10.2 Å². The smallest absolute Gasteiger partial charge is 0.342 e. The number of ether oxygens (including phenoxy) is 2. The lowest BCUT2D eigenvalue weighted by atomic mass is 10.2. The van der Waals surface area contributed by atoms with E-state index in [-0.39, 0.29) is 32.4 Å². The second-order valence-corrected chi connectivity index (χ2v) is 8.03. The van der Waals surface area contributed by atoms with Gasteiger partial charge in [0.05, 0.1) is 19.2 Å². The van der Waals surface area contributed by atoms with Crippen molar-refractivity contribution in [2.75, 3.05) is 14.2 Å². The van der Waals surface area contributed by atoms with Crippen molar-refractivity contribution in [3.05, 3.63) is 50.3 Å². The first-order chi connectivity index (χ1) is 14.3. The third-order valence-corrected chi connectivity index (χ3v) is 5.36. The number of aromatic nitrogens is 2. The number of methoxy groups -OCH3 is 2. The van der Waals surface area contributed by atoms with Crippen LogP contribution in [0.25, 0.3) is 17.5 Å². The Kier molecular flexibility index (Phi) is 6.91. The van der Waals surface area contributed by atoms with E-state index in [1.807, 2.05) is 0 Å². The molecule has 156 valence electrons. The zero-order valence-electron chi connectivity index (χ0n) is 15.6. The topological polar surface area (TPSA) is 115 Å². The van der Waals surface area contributed by atoms with Crippen LogP contribution in [0.5, 0.6) is 17.2 Å². The number of hydrogen-bond donors (Lipinski definition) is 2. The van der Waals surface area contributed by atoms with Crippen molar-refractivity contribution in [2.45, 2.75) is 5.22 Å². The Hall–Kier alpha value is -2.69. The number of halogens is 2. The summed E-state index contributed by atoms with van der Waals surface area (Å²) in [6.45, 7) is 0. The maximum Gasteiger partial charge on any atom is 0.342 e. The van der Waals surface area contributed by atoms with Crippen LogP contribution >= 0.6 is 39.3 Å². The molecule has 1 aromatic heterocycles. The number of hydrogen-bond acceptors (Lipinski definition) is 8. The minimum Gasteiger partial charge on any atom is -0.506 e. The Morgan fingerprint density at radius 2 is 1.83 bits per heavy atom. The maximum absolute atomic E-state index is 11.7. The van der Waals surface area contributed by atoms with E-state index >= 15 is 0 Å². The molecule has 0 spiro atoms. The van der Waals surface area contributed by atoms with Gasteiger partial charge in [-0.3, -0.25) is 0 Å². The zero-order valence-corrected chi connectivity index (χ0v) is 18.7. The Morgan fingerprint density at radius 3 is 2.43 bits per heavy atom. The fourth-order valence-corrected chi connectivity index (χ4v) is 3.86. The fraction of sp³-hybridized carbons (Fsp3) is 0.105. The van der Waals surface area contributed by atoms with Gasteiger partial charge >= 0.3 is 5.97 Å². The Labute approximate surface area is 188 Å². The fourth-order valence-electron chi connectivity index (χ4n) is 2.36. The summed E-state index contributed by atoms with van der Waals surface area (Å²) in [6.07, 6.45) is 1.26. The predicted octanol–water partition coefficient (Wildman–Crippen LogP) is 5.09. The summed E-state index contributed by atoms with van der Waals surface area (Å²) in [5, 5.41) is 27.6. The molecule has 0 radical (unpaired) electrons. The van der Waals surface area contributed by atoms with Crippen molar-refractivity contribution in [1.29, 1.82) is 0 Å². The summed E-state index contributed by atoms with van der Waals surface area (Å²) >= 11 is 9.93. The van der Waals surface area contributed by atoms with Gasteiger partial charge in [0.25, 0.3) is 5.22 Å². The third kappa shape index (κ3) is 5.07. The van der Waals surface area contributed by atoms with E-state index in [4.69, 9.17) is 25.5 Å². The lowest BCUT2D eigenvalue weighted by Gasteiger charge is -2.06. The van der Waals surface area contributed by atoms with Gasteiger partial charge in [0.1, 0.15) is 22.2 Å². The number of nitrogens with zero attached hydrogens (tertiary/aromatic N) is 2. The van der Waals surface area contributed by atoms with E-state index in [1.165, 1.54) is 32.4 Å². The number of thioether (sulfide) groups is 1. The highest BCUT2D eigenvalue weighted by Gasteiger charge is 2.18. The largest absolute Gasteiger partial charge is 0.506 e. The number of carboxylic acids is 1. The summed E-state index contributed by atoms with van der Waals surface area (Å²) in [4.78, 5) is 11.5. The van der Waals surface area contributed by atoms with Crippen molar-refractivity contribution in [3.63, 3.8) is 0 Å². The second kappa shape index (κ2) is 9.41. The Bertz CT molecular complexity index is 1110. The Morgan fingerprint density at radius 1 is 1.17 bits per heavy atom. The first-order valence-corrected chi connectivity index (χ1v) is 10.2. The molecule has 0 unspecified atom stereocenters. The number of aliphatic carboxylic acids is 1. The van der Waals surface area contributed by atoms with Gasteiger partial charge in [-0.1, -0.05) is 27.5 Å². The summed E-state index contributed by atoms with van der Waals surface area (Å²) in [5.41, 5.74) is 0.763. The van der Waals surface area contributed by atoms with Gasteiger partial charge in [-0.15, -0.1) is 10.2 Å². The molecule has 0 saturated heterocycles. The molecule has 30 heavy (non-hydrogen) atoms. The van der Waals surface area contributed by atoms with E-state index in [9.17, 15) is 15.0 Å². The quantitative estimate of drug-likeness (QED) is 0.329. The predicted molar refractivity (Wildman–Crippen MR) is 115 cm³/mol. The SMILES string of the molecule is COc1cc(OC)cc(-c2nnc(S/C(=C\c3cc(Br)cc(Cl)c3O)C(=O)O)o2)c1. The summed E-state index contributed by atoms with van der Waals surface area (Å²) in [6, 6.07) is 8.08. The molecule has 2 N–H and O–H groups in total. The zero-order chi connectivity index (χ0) is 21.8. The average molecular weight is 514 g/mol. The van der Waals surface area contributed by atoms with Gasteiger partial charge in [-0.25, -0.2) is 4.79 Å². The molecule has 3 aromatic rings. The standard InChI is InChI=1S/C19H14BrClN2O6S/c1-27-12-4-10(5-13(8-12)28-2)17-22-23-19(29-17)30-15(18(25)26)6-9-3-11(20)7-14(21)16(9)24/h3-8,24H,1-2H3,(H,25,26)/b15-6-. The highest BCUT2D eigenvalue weighted by atomic mass is 79.9. The number of carbonyl (C=O) groups is 1. The van der Waals surface area contributed by atoms with E-state index in [1.54, 1.807) is 18.2 Å². The van der Waals surface area contributed by atoms with Crippen LogP contribution in [-0.4, -0.2) is 40.6 Å². The minimum absolute atomic E-state index is 0.000945. The number of phenolic OH excluding ortho intramolecular Hbond substituents is 1. The van der Waals surface area contributed by atoms with Gasteiger partial charge in [0.2, 0.25) is 5.89 Å². The van der Waals surface area contributed by atoms with Crippen LogP contribution in [0.15, 0.2) is 49.3 Å². The maximum atomic E-state index is 11.7. The lowest BCUT2D eigenvalue weighted by Crippen LogP contribution is -1.97. The second-order valence-electron chi connectivity index (χ2n) is 5.72. The highest BCUT2D eigenvalue weighted by Crippen LogP contribution is 2.36. The summed E-state index contributed by atoms with van der Waals surface area (Å²) in [7, 11) is 3.03. The highest BCUT2D eigenvalue weighted by molar-refractivity contribution is 9.10. The molecule has 0 atom stereocenters. The van der Waals surface area contributed by atoms with Crippen LogP contribution in [0.2, 0.25) is 5.02 Å². The number of aromatic hydroxyl groups is 1. The first-order valence-electron chi connectivity index (χ1n) is 8.18. The molecule has 2 aromatic carbocycles. The molecule has 0 bridgehead atoms. The number of benzene rings is 2. The van der Waals surface area contributed by atoms with Crippen molar-refractivity contribution in [2.24, 2.45) is 0 Å². The number of phenols is 1. The first kappa shape index (κ1) is 22.0. The average Bonchev–Trinajstić information content (AvgIpc) is 3.19. The molecule has 0 amide bonds. The molecule has 0 aliphatic rings. The Balaban J connectivity index is 1.92. The van der Waals surface area contributed by atoms with E-state index in [0.717, 1.165) is 11.8 Å². The molecule has 0 saturated carbocycles. The van der Waals surface area contributed by atoms with Crippen LogP contribution in [0.3, 0.4) is 0 Å². The molecule has 1 heterocycles. The van der Waals surface area contributed by atoms with Crippen LogP contribution < -0.4 is 9.47 Å². The number of rotatable bonds is 7. The van der Waals surface area contributed by atoms with E-state index in [2.05, 4.69) is 26.1 Å². The van der Waals surface area contributed by atoms with Crippen molar-refractivity contribution < 1.29 is 28.9 Å². The van der Waals surface area contributed by atoms with Gasteiger partial charge in [0.15, 0.2) is 0 Å². The molecule has 8 nitrogen and oxygen atoms in total. The molecule has 11 heteroatoms. The lowest BCUT2D eigenvalue weighted by molar-refractivity contribution is -0.131. The van der Waals surface area contributed by atoms with Crippen molar-refractivity contribution >= 4 is 51.3 Å². The third-order valence-electron chi connectivity index (χ3n) is 3.76. The molecular formula is C19H14BrClN2O6S. The van der Waals surface area contributed by atoms with Crippen molar-refractivity contribution in [3.8, 4) is 28.7 Å². The van der Waals surface area contributed by atoms with Gasteiger partial charge in [-0.2, -0.15) is 0 Å². The molecule has 0 aliphatic carbocycles. The van der Waals surface area contributed by atoms with Crippen LogP contribution in [0.4, 0.5) is 0 Å². The minimum atomic E-state index is -1.24. The van der Waals surface area contributed by atoms with Crippen LogP contribution in [0.1, 0.15) is 5.56 Å². The summed E-state index contributed by atoms with van der Waals surface area (Å²) < 4.78 is 16.6. The summed E-state index contributed by atoms with van der Waals surface area (Å²) in [5.74, 6) is -0.255. The van der Waals surface area contributed by atoms with E-state index < -0.39 is 5.97 Å². The molecular weight excluding hydrogens is 500 g/mol. The normalized spacial score (nSPS) is 11.4. The molecule has 0 aliphatic heterocycles. The van der Waals surface area contributed by atoms with Gasteiger partial charge in [-0.05, 0) is 42.1 Å². The van der Waals surface area contributed by atoms with E-state index in [0.29, 0.717) is 21.5 Å². The molecule has 3 rings (SSSR count). The van der Waals surface area contributed by atoms with Crippen LogP contribution in [-0.2, 0) is 4.79 Å². The van der Waals surface area contributed by atoms with Gasteiger partial charge < -0.3 is 24.1 Å². The monoisotopic (exact) mass is 512 g/mol. The number of carboxylic acid groups (broad SMARTS) is 1. The van der Waals surface area contributed by atoms with Gasteiger partial charge in [0, 0.05) is 21.7 Å². The van der Waals surface area contributed by atoms with Crippen LogP contribution in [0, 0.1) is 0 Å².